The largest absolute Gasteiger partial charge is 0.491 e. The molecule has 0 spiro atoms. The number of sulfonamides is 1. The number of carbonyl (C=O) groups excluding carboxylic acids is 2. The van der Waals surface area contributed by atoms with Gasteiger partial charge in [0.15, 0.2) is 0 Å². The number of likely N-dealkylation sites (tertiary alicyclic amines) is 2. The Morgan fingerprint density at radius 2 is 1.58 bits per heavy atom. The molecule has 1 aromatic rings. The molecule has 172 valence electrons. The van der Waals surface area contributed by atoms with Crippen molar-refractivity contribution in [3.63, 3.8) is 0 Å². The van der Waals surface area contributed by atoms with Crippen LogP contribution in [0.4, 0.5) is 5.69 Å². The van der Waals surface area contributed by atoms with Crippen LogP contribution in [-0.2, 0) is 19.6 Å². The Kier molecular flexibility index (Phi) is 7.80. The molecule has 0 saturated carbocycles. The maximum atomic E-state index is 12.5. The number of benzene rings is 1. The first kappa shape index (κ1) is 23.4. The van der Waals surface area contributed by atoms with Crippen LogP contribution in [0.25, 0.3) is 0 Å². The van der Waals surface area contributed by atoms with Gasteiger partial charge in [-0.15, -0.1) is 0 Å². The molecule has 3 rings (SSSR count). The van der Waals surface area contributed by atoms with Crippen molar-refractivity contribution in [3.05, 3.63) is 24.3 Å². The zero-order valence-electron chi connectivity index (χ0n) is 18.4. The molecule has 2 saturated heterocycles. The van der Waals surface area contributed by atoms with Gasteiger partial charge in [0, 0.05) is 38.3 Å². The van der Waals surface area contributed by atoms with Gasteiger partial charge in [-0.2, -0.15) is 0 Å². The molecular formula is C22H33N3O5S. The summed E-state index contributed by atoms with van der Waals surface area (Å²) in [6.07, 6.45) is 4.18. The fourth-order valence-corrected chi connectivity index (χ4v) is 5.15. The van der Waals surface area contributed by atoms with Gasteiger partial charge < -0.3 is 14.5 Å². The standard InChI is InChI=1S/C22H33N3O5S/c1-17(2)30-20-7-5-19(6-8-20)23-31(28,29)16-22(27)25-13-9-18(10-14-25)15-21(26)24-11-3-4-12-24/h5-8,17-18,23H,3-4,9-16H2,1-2H3. The molecule has 1 aromatic carbocycles. The summed E-state index contributed by atoms with van der Waals surface area (Å²) in [5, 5.41) is 0. The molecule has 31 heavy (non-hydrogen) atoms. The topological polar surface area (TPSA) is 96.0 Å². The summed E-state index contributed by atoms with van der Waals surface area (Å²) in [6, 6.07) is 6.60. The smallest absolute Gasteiger partial charge is 0.241 e. The fraction of sp³-hybridized carbons (Fsp3) is 0.636. The summed E-state index contributed by atoms with van der Waals surface area (Å²) in [6.45, 7) is 6.52. The molecule has 2 heterocycles. The monoisotopic (exact) mass is 451 g/mol. The maximum Gasteiger partial charge on any atom is 0.241 e. The van der Waals surface area contributed by atoms with Crippen LogP contribution in [0.3, 0.4) is 0 Å². The minimum atomic E-state index is -3.81. The van der Waals surface area contributed by atoms with E-state index in [1.165, 1.54) is 0 Å². The molecule has 0 atom stereocenters. The van der Waals surface area contributed by atoms with Crippen molar-refractivity contribution in [2.45, 2.75) is 52.1 Å². The predicted octanol–water partition coefficient (Wildman–Crippen LogP) is 2.47. The van der Waals surface area contributed by atoms with Crippen LogP contribution < -0.4 is 9.46 Å². The molecular weight excluding hydrogens is 418 g/mol. The van der Waals surface area contributed by atoms with Gasteiger partial charge >= 0.3 is 0 Å². The average molecular weight is 452 g/mol. The SMILES string of the molecule is CC(C)Oc1ccc(NS(=O)(=O)CC(=O)N2CCC(CC(=O)N3CCCC3)CC2)cc1. The lowest BCUT2D eigenvalue weighted by molar-refractivity contribution is -0.132. The number of rotatable bonds is 8. The van der Waals surface area contributed by atoms with E-state index in [0.29, 0.717) is 30.9 Å². The summed E-state index contributed by atoms with van der Waals surface area (Å²) in [5.41, 5.74) is 0.392. The van der Waals surface area contributed by atoms with Crippen LogP contribution in [0.5, 0.6) is 5.75 Å². The Morgan fingerprint density at radius 3 is 2.16 bits per heavy atom. The van der Waals surface area contributed by atoms with E-state index in [1.807, 2.05) is 18.7 Å². The Hall–Kier alpha value is -2.29. The van der Waals surface area contributed by atoms with Crippen molar-refractivity contribution in [3.8, 4) is 5.75 Å². The fourth-order valence-electron chi connectivity index (χ4n) is 4.07. The number of piperidine rings is 1. The highest BCUT2D eigenvalue weighted by Gasteiger charge is 2.29. The van der Waals surface area contributed by atoms with Gasteiger partial charge in [0.05, 0.1) is 6.10 Å². The van der Waals surface area contributed by atoms with Crippen molar-refractivity contribution in [1.82, 2.24) is 9.80 Å². The molecule has 2 amide bonds. The first-order valence-electron chi connectivity index (χ1n) is 11.0. The first-order valence-corrected chi connectivity index (χ1v) is 12.7. The van der Waals surface area contributed by atoms with Crippen LogP contribution in [0, 0.1) is 5.92 Å². The number of nitrogens with one attached hydrogen (secondary N) is 1. The van der Waals surface area contributed by atoms with Gasteiger partial charge in [-0.05, 0) is 69.7 Å². The Morgan fingerprint density at radius 1 is 1.00 bits per heavy atom. The Labute approximate surface area is 185 Å². The van der Waals surface area contributed by atoms with Crippen LogP contribution in [0.15, 0.2) is 24.3 Å². The van der Waals surface area contributed by atoms with E-state index >= 15 is 0 Å². The van der Waals surface area contributed by atoms with E-state index in [1.54, 1.807) is 29.2 Å². The highest BCUT2D eigenvalue weighted by molar-refractivity contribution is 7.93. The third-order valence-electron chi connectivity index (χ3n) is 5.70. The number of amides is 2. The number of ether oxygens (including phenoxy) is 1. The van der Waals surface area contributed by atoms with Gasteiger partial charge in [-0.25, -0.2) is 8.42 Å². The van der Waals surface area contributed by atoms with E-state index in [4.69, 9.17) is 4.74 Å². The van der Waals surface area contributed by atoms with E-state index in [9.17, 15) is 18.0 Å². The lowest BCUT2D eigenvalue weighted by Crippen LogP contribution is -2.43. The lowest BCUT2D eigenvalue weighted by Gasteiger charge is -2.32. The van der Waals surface area contributed by atoms with Crippen molar-refractivity contribution >= 4 is 27.5 Å². The Balaban J connectivity index is 1.44. The summed E-state index contributed by atoms with van der Waals surface area (Å²) in [4.78, 5) is 28.4. The lowest BCUT2D eigenvalue weighted by atomic mass is 9.93. The number of hydrogen-bond donors (Lipinski definition) is 1. The number of anilines is 1. The summed E-state index contributed by atoms with van der Waals surface area (Å²) >= 11 is 0. The third kappa shape index (κ3) is 7.12. The maximum absolute atomic E-state index is 12.5. The van der Waals surface area contributed by atoms with Gasteiger partial charge in [0.2, 0.25) is 21.8 Å². The van der Waals surface area contributed by atoms with Gasteiger partial charge in [-0.3, -0.25) is 14.3 Å². The molecule has 9 heteroatoms. The van der Waals surface area contributed by atoms with Crippen molar-refractivity contribution in [2.24, 2.45) is 5.92 Å². The molecule has 0 aromatic heterocycles. The molecule has 0 radical (unpaired) electrons. The second-order valence-corrected chi connectivity index (χ2v) is 10.4. The number of carbonyl (C=O) groups is 2. The van der Waals surface area contributed by atoms with Crippen LogP contribution in [-0.4, -0.2) is 68.1 Å². The second-order valence-electron chi connectivity index (χ2n) is 8.67. The van der Waals surface area contributed by atoms with Gasteiger partial charge in [-0.1, -0.05) is 0 Å². The van der Waals surface area contributed by atoms with Crippen LogP contribution in [0.1, 0.15) is 46.0 Å². The van der Waals surface area contributed by atoms with Crippen molar-refractivity contribution in [1.29, 1.82) is 0 Å². The molecule has 2 aliphatic heterocycles. The molecule has 0 unspecified atom stereocenters. The number of nitrogens with zero attached hydrogens (tertiary/aromatic N) is 2. The average Bonchev–Trinajstić information content (AvgIpc) is 3.24. The van der Waals surface area contributed by atoms with Crippen LogP contribution in [0.2, 0.25) is 0 Å². The summed E-state index contributed by atoms with van der Waals surface area (Å²) in [7, 11) is -3.81. The minimum Gasteiger partial charge on any atom is -0.491 e. The zero-order chi connectivity index (χ0) is 22.4. The Bertz CT molecular complexity index is 856. The quantitative estimate of drug-likeness (QED) is 0.655. The van der Waals surface area contributed by atoms with Crippen LogP contribution >= 0.6 is 0 Å². The van der Waals surface area contributed by atoms with Crippen molar-refractivity contribution < 1.29 is 22.7 Å². The molecule has 2 fully saturated rings. The summed E-state index contributed by atoms with van der Waals surface area (Å²) < 4.78 is 32.9. The molecule has 8 nitrogen and oxygen atoms in total. The third-order valence-corrected chi connectivity index (χ3v) is 6.88. The van der Waals surface area contributed by atoms with E-state index in [-0.39, 0.29) is 17.9 Å². The minimum absolute atomic E-state index is 0.0302. The molecule has 2 aliphatic rings. The van der Waals surface area contributed by atoms with Crippen molar-refractivity contribution in [2.75, 3.05) is 36.7 Å². The molecule has 0 bridgehead atoms. The van der Waals surface area contributed by atoms with E-state index in [0.717, 1.165) is 38.8 Å². The van der Waals surface area contributed by atoms with E-state index < -0.39 is 21.7 Å². The highest BCUT2D eigenvalue weighted by atomic mass is 32.2. The summed E-state index contributed by atoms with van der Waals surface area (Å²) in [5.74, 6) is 0.128. The highest BCUT2D eigenvalue weighted by Crippen LogP contribution is 2.23. The predicted molar refractivity (Wildman–Crippen MR) is 119 cm³/mol. The number of hydrogen-bond acceptors (Lipinski definition) is 5. The second kappa shape index (κ2) is 10.3. The zero-order valence-corrected chi connectivity index (χ0v) is 19.2. The first-order chi connectivity index (χ1) is 14.7. The normalized spacial score (nSPS) is 17.8. The van der Waals surface area contributed by atoms with E-state index in [2.05, 4.69) is 4.72 Å². The molecule has 1 N–H and O–H groups in total. The van der Waals surface area contributed by atoms with Gasteiger partial charge in [0.25, 0.3) is 0 Å². The van der Waals surface area contributed by atoms with Gasteiger partial charge in [0.1, 0.15) is 11.5 Å². The molecule has 0 aliphatic carbocycles.